The molecule has 1 unspecified atom stereocenters. The Bertz CT molecular complexity index is 605. The predicted octanol–water partition coefficient (Wildman–Crippen LogP) is 2.87. The first-order valence-corrected chi connectivity index (χ1v) is 10.1. The third-order valence-corrected chi connectivity index (χ3v) is 7.71. The van der Waals surface area contributed by atoms with Gasteiger partial charge in [-0.1, -0.05) is 6.42 Å². The summed E-state index contributed by atoms with van der Waals surface area (Å²) in [6.07, 6.45) is 5.58. The number of hydrogen-bond donors (Lipinski definition) is 1. The zero-order valence-electron chi connectivity index (χ0n) is 12.8. The molecule has 0 bridgehead atoms. The molecule has 0 spiro atoms. The lowest BCUT2D eigenvalue weighted by atomic mass is 10.1. The first-order valence-electron chi connectivity index (χ1n) is 7.83. The van der Waals surface area contributed by atoms with E-state index in [1.54, 1.807) is 15.6 Å². The smallest absolute Gasteiger partial charge is 0.244 e. The molecule has 2 heterocycles. The Labute approximate surface area is 131 Å². The zero-order valence-corrected chi connectivity index (χ0v) is 14.4. The van der Waals surface area contributed by atoms with Crippen molar-refractivity contribution < 1.29 is 8.42 Å². The van der Waals surface area contributed by atoms with Gasteiger partial charge < -0.3 is 5.32 Å². The lowest BCUT2D eigenvalue weighted by Crippen LogP contribution is -2.41. The van der Waals surface area contributed by atoms with E-state index < -0.39 is 10.0 Å². The summed E-state index contributed by atoms with van der Waals surface area (Å²) in [5, 5.41) is 3.46. The van der Waals surface area contributed by atoms with Gasteiger partial charge in [0.15, 0.2) is 0 Å². The topological polar surface area (TPSA) is 49.4 Å². The van der Waals surface area contributed by atoms with Gasteiger partial charge in [0.05, 0.1) is 4.90 Å². The Morgan fingerprint density at radius 1 is 1.33 bits per heavy atom. The summed E-state index contributed by atoms with van der Waals surface area (Å²) < 4.78 is 27.5. The van der Waals surface area contributed by atoms with E-state index in [1.165, 1.54) is 12.8 Å². The summed E-state index contributed by atoms with van der Waals surface area (Å²) in [5.74, 6) is 0. The highest BCUT2D eigenvalue weighted by Gasteiger charge is 2.33. The maximum absolute atomic E-state index is 12.9. The Morgan fingerprint density at radius 3 is 2.76 bits per heavy atom. The lowest BCUT2D eigenvalue weighted by Gasteiger charge is -2.32. The molecular formula is C15H24N2O2S2. The largest absolute Gasteiger partial charge is 0.309 e. The summed E-state index contributed by atoms with van der Waals surface area (Å²) in [7, 11) is -3.33. The van der Waals surface area contributed by atoms with E-state index in [4.69, 9.17) is 0 Å². The molecule has 2 aliphatic rings. The third kappa shape index (κ3) is 3.33. The number of nitrogens with zero attached hydrogens (tertiary/aromatic N) is 1. The van der Waals surface area contributed by atoms with Crippen LogP contribution in [0.2, 0.25) is 0 Å². The minimum Gasteiger partial charge on any atom is -0.309 e. The normalized spacial score (nSPS) is 24.4. The van der Waals surface area contributed by atoms with Crippen LogP contribution in [0.4, 0.5) is 0 Å². The van der Waals surface area contributed by atoms with Gasteiger partial charge in [-0.2, -0.15) is 4.31 Å². The van der Waals surface area contributed by atoms with Crippen LogP contribution in [0, 0.1) is 6.92 Å². The van der Waals surface area contributed by atoms with Gasteiger partial charge in [0.1, 0.15) is 0 Å². The molecule has 21 heavy (non-hydrogen) atoms. The summed E-state index contributed by atoms with van der Waals surface area (Å²) in [5.41, 5.74) is 0. The van der Waals surface area contributed by atoms with E-state index in [2.05, 4.69) is 5.32 Å². The number of aryl methyl sites for hydroxylation is 1. The summed E-state index contributed by atoms with van der Waals surface area (Å²) in [6, 6.07) is 2.65. The summed E-state index contributed by atoms with van der Waals surface area (Å²) >= 11 is 1.61. The van der Waals surface area contributed by atoms with E-state index in [1.807, 2.05) is 19.9 Å². The van der Waals surface area contributed by atoms with Crippen molar-refractivity contribution >= 4 is 21.4 Å². The third-order valence-electron chi connectivity index (χ3n) is 4.39. The Balaban J connectivity index is 1.80. The maximum Gasteiger partial charge on any atom is 0.244 e. The highest BCUT2D eigenvalue weighted by atomic mass is 32.2. The molecule has 1 aliphatic heterocycles. The Hall–Kier alpha value is -0.430. The summed E-state index contributed by atoms with van der Waals surface area (Å²) in [6.45, 7) is 5.40. The first-order chi connectivity index (χ1) is 9.98. The van der Waals surface area contributed by atoms with Gasteiger partial charge in [-0.25, -0.2) is 8.42 Å². The molecule has 118 valence electrons. The molecule has 4 nitrogen and oxygen atoms in total. The molecule has 6 heteroatoms. The number of hydrogen-bond acceptors (Lipinski definition) is 4. The molecule has 3 rings (SSSR count). The number of rotatable bonds is 5. The molecule has 0 amide bonds. The van der Waals surface area contributed by atoms with Crippen molar-refractivity contribution in [2.45, 2.75) is 69.5 Å². The molecule has 1 aliphatic carbocycles. The van der Waals surface area contributed by atoms with Crippen molar-refractivity contribution in [2.24, 2.45) is 0 Å². The van der Waals surface area contributed by atoms with E-state index >= 15 is 0 Å². The van der Waals surface area contributed by atoms with Crippen LogP contribution < -0.4 is 5.32 Å². The van der Waals surface area contributed by atoms with Crippen molar-refractivity contribution in [1.29, 1.82) is 0 Å². The van der Waals surface area contributed by atoms with Gasteiger partial charge in [-0.05, 0) is 45.6 Å². The van der Waals surface area contributed by atoms with Crippen LogP contribution in [-0.4, -0.2) is 31.4 Å². The molecule has 0 radical (unpaired) electrons. The average Bonchev–Trinajstić information content (AvgIpc) is 3.19. The number of piperidine rings is 1. The van der Waals surface area contributed by atoms with Crippen LogP contribution in [-0.2, 0) is 16.6 Å². The lowest BCUT2D eigenvalue weighted by molar-refractivity contribution is 0.268. The quantitative estimate of drug-likeness (QED) is 0.904. The highest BCUT2D eigenvalue weighted by molar-refractivity contribution is 7.89. The van der Waals surface area contributed by atoms with Crippen LogP contribution in [0.1, 0.15) is 48.8 Å². The molecule has 1 aromatic rings. The van der Waals surface area contributed by atoms with E-state index in [9.17, 15) is 8.42 Å². The molecule has 0 aromatic carbocycles. The maximum atomic E-state index is 12.9. The van der Waals surface area contributed by atoms with Gasteiger partial charge in [-0.3, -0.25) is 0 Å². The Kier molecular flexibility index (Phi) is 4.41. The van der Waals surface area contributed by atoms with Gasteiger partial charge in [0.2, 0.25) is 10.0 Å². The van der Waals surface area contributed by atoms with Crippen LogP contribution in [0.25, 0.3) is 0 Å². The second kappa shape index (κ2) is 5.99. The number of thiophene rings is 1. The SMILES string of the molecule is Cc1sc(CNC2CC2)cc1S(=O)(=O)N1CCCCC1C. The number of sulfonamides is 1. The van der Waals surface area contributed by atoms with Gasteiger partial charge in [0, 0.05) is 34.9 Å². The van der Waals surface area contributed by atoms with Crippen molar-refractivity contribution in [1.82, 2.24) is 9.62 Å². The fraction of sp³-hybridized carbons (Fsp3) is 0.733. The van der Waals surface area contributed by atoms with E-state index in [0.717, 1.165) is 35.6 Å². The second-order valence-corrected chi connectivity index (χ2v) is 9.45. The molecular weight excluding hydrogens is 304 g/mol. The highest BCUT2D eigenvalue weighted by Crippen LogP contribution is 2.32. The van der Waals surface area contributed by atoms with Crippen LogP contribution in [0.15, 0.2) is 11.0 Å². The summed E-state index contributed by atoms with van der Waals surface area (Å²) in [4.78, 5) is 2.57. The minimum atomic E-state index is -3.33. The van der Waals surface area contributed by atoms with E-state index in [0.29, 0.717) is 17.5 Å². The average molecular weight is 329 g/mol. The zero-order chi connectivity index (χ0) is 15.0. The van der Waals surface area contributed by atoms with Crippen LogP contribution in [0.5, 0.6) is 0 Å². The molecule has 2 fully saturated rings. The first kappa shape index (κ1) is 15.5. The van der Waals surface area contributed by atoms with Crippen molar-refractivity contribution in [3.05, 3.63) is 15.8 Å². The Morgan fingerprint density at radius 2 is 2.10 bits per heavy atom. The van der Waals surface area contributed by atoms with Gasteiger partial charge in [0.25, 0.3) is 0 Å². The monoisotopic (exact) mass is 328 g/mol. The molecule has 1 N–H and O–H groups in total. The molecule has 1 aromatic heterocycles. The fourth-order valence-corrected chi connectivity index (χ4v) is 6.21. The van der Waals surface area contributed by atoms with Gasteiger partial charge >= 0.3 is 0 Å². The van der Waals surface area contributed by atoms with Crippen LogP contribution in [0.3, 0.4) is 0 Å². The van der Waals surface area contributed by atoms with Crippen molar-refractivity contribution in [3.8, 4) is 0 Å². The minimum absolute atomic E-state index is 0.121. The van der Waals surface area contributed by atoms with Crippen molar-refractivity contribution in [3.63, 3.8) is 0 Å². The standard InChI is InChI=1S/C15H24N2O2S2/c1-11-5-3-4-8-17(11)21(18,19)15-9-14(20-12(15)2)10-16-13-6-7-13/h9,11,13,16H,3-8,10H2,1-2H3. The number of nitrogens with one attached hydrogen (secondary N) is 1. The fourth-order valence-electron chi connectivity index (χ4n) is 2.96. The molecule has 1 atom stereocenters. The second-order valence-electron chi connectivity index (χ2n) is 6.25. The van der Waals surface area contributed by atoms with E-state index in [-0.39, 0.29) is 6.04 Å². The molecule has 1 saturated heterocycles. The molecule has 1 saturated carbocycles. The predicted molar refractivity (Wildman–Crippen MR) is 86.1 cm³/mol. The van der Waals surface area contributed by atoms with Crippen molar-refractivity contribution in [2.75, 3.05) is 6.54 Å². The van der Waals surface area contributed by atoms with Crippen LogP contribution >= 0.6 is 11.3 Å². The van der Waals surface area contributed by atoms with Gasteiger partial charge in [-0.15, -0.1) is 11.3 Å².